The number of nitrogens with zero attached hydrogens (tertiary/aromatic N) is 1. The highest BCUT2D eigenvalue weighted by Crippen LogP contribution is 2.61. The molecule has 1 aromatic carbocycles. The fourth-order valence-corrected chi connectivity index (χ4v) is 6.93. The normalized spacial score (nSPS) is 26.3. The van der Waals surface area contributed by atoms with Crippen molar-refractivity contribution in [1.82, 2.24) is 15.6 Å². The number of ether oxygens (including phenoxy) is 2. The molecule has 0 aliphatic heterocycles. The van der Waals surface area contributed by atoms with Crippen LogP contribution < -0.4 is 20.1 Å². The number of nitrogens with one attached hydrogen (secondary N) is 2. The molecular formula is C28H35N3O4. The van der Waals surface area contributed by atoms with Gasteiger partial charge in [0.25, 0.3) is 0 Å². The Morgan fingerprint density at radius 2 is 1.60 bits per heavy atom. The van der Waals surface area contributed by atoms with E-state index in [1.165, 1.54) is 38.5 Å². The van der Waals surface area contributed by atoms with E-state index in [1.807, 2.05) is 30.3 Å². The van der Waals surface area contributed by atoms with Gasteiger partial charge in [-0.3, -0.25) is 14.6 Å². The van der Waals surface area contributed by atoms with Crippen LogP contribution in [0.2, 0.25) is 0 Å². The van der Waals surface area contributed by atoms with E-state index in [9.17, 15) is 9.59 Å². The number of hydrogen-bond acceptors (Lipinski definition) is 5. The molecule has 0 saturated heterocycles. The van der Waals surface area contributed by atoms with Crippen LogP contribution in [0, 0.1) is 23.2 Å². The molecule has 2 N–H and O–H groups in total. The van der Waals surface area contributed by atoms with Crippen LogP contribution in [0.1, 0.15) is 56.1 Å². The molecule has 2 amide bonds. The van der Waals surface area contributed by atoms with E-state index in [1.54, 1.807) is 19.5 Å². The van der Waals surface area contributed by atoms with E-state index in [-0.39, 0.29) is 23.8 Å². The lowest BCUT2D eigenvalue weighted by molar-refractivity contribution is -0.131. The van der Waals surface area contributed by atoms with Crippen LogP contribution in [0.5, 0.6) is 11.5 Å². The first-order valence-electron chi connectivity index (χ1n) is 12.7. The van der Waals surface area contributed by atoms with Gasteiger partial charge in [-0.25, -0.2) is 0 Å². The highest BCUT2D eigenvalue weighted by molar-refractivity contribution is 5.85. The third-order valence-corrected chi connectivity index (χ3v) is 8.01. The van der Waals surface area contributed by atoms with Gasteiger partial charge in [-0.1, -0.05) is 6.07 Å². The molecule has 186 valence electrons. The van der Waals surface area contributed by atoms with Gasteiger partial charge in [0.1, 0.15) is 6.61 Å². The standard InChI is InChI=1S/C28H35N3O4/c1-34-25-11-20(2-3-24(25)35-18-19-4-6-29-7-5-19)16-30-27(33)17-31-26(32)15-28-12-21-8-22(13-28)10-23(9-21)14-28/h2-7,11,21-23H,8-10,12-18H2,1H3,(H,30,33)(H,31,32). The summed E-state index contributed by atoms with van der Waals surface area (Å²) in [5.74, 6) is 3.52. The Kier molecular flexibility index (Phi) is 6.93. The van der Waals surface area contributed by atoms with E-state index in [4.69, 9.17) is 9.47 Å². The lowest BCUT2D eigenvalue weighted by Gasteiger charge is -2.56. The van der Waals surface area contributed by atoms with Gasteiger partial charge in [0.15, 0.2) is 11.5 Å². The third kappa shape index (κ3) is 5.77. The summed E-state index contributed by atoms with van der Waals surface area (Å²) in [5, 5.41) is 5.74. The Labute approximate surface area is 207 Å². The molecule has 7 heteroatoms. The van der Waals surface area contributed by atoms with E-state index in [0.717, 1.165) is 28.9 Å². The first kappa shape index (κ1) is 23.6. The van der Waals surface area contributed by atoms with Crippen LogP contribution in [0.3, 0.4) is 0 Å². The number of carbonyl (C=O) groups is 2. The van der Waals surface area contributed by atoms with Gasteiger partial charge in [-0.15, -0.1) is 0 Å². The Morgan fingerprint density at radius 3 is 2.26 bits per heavy atom. The summed E-state index contributed by atoms with van der Waals surface area (Å²) in [6, 6.07) is 9.40. The smallest absolute Gasteiger partial charge is 0.239 e. The molecule has 0 unspecified atom stereocenters. The lowest BCUT2D eigenvalue weighted by Crippen LogP contribution is -2.48. The number of methoxy groups -OCH3 is 1. The molecule has 4 aliphatic carbocycles. The van der Waals surface area contributed by atoms with Crippen LogP contribution in [0.4, 0.5) is 0 Å². The molecule has 0 radical (unpaired) electrons. The van der Waals surface area contributed by atoms with Crippen molar-refractivity contribution in [2.75, 3.05) is 13.7 Å². The van der Waals surface area contributed by atoms with Gasteiger partial charge in [-0.2, -0.15) is 0 Å². The molecule has 0 spiro atoms. The van der Waals surface area contributed by atoms with Gasteiger partial charge in [0.2, 0.25) is 11.8 Å². The van der Waals surface area contributed by atoms with Gasteiger partial charge in [0, 0.05) is 25.4 Å². The third-order valence-electron chi connectivity index (χ3n) is 8.01. The Balaban J connectivity index is 1.06. The predicted molar refractivity (Wildman–Crippen MR) is 132 cm³/mol. The summed E-state index contributed by atoms with van der Waals surface area (Å²) in [6.07, 6.45) is 11.7. The lowest BCUT2D eigenvalue weighted by atomic mass is 9.49. The summed E-state index contributed by atoms with van der Waals surface area (Å²) >= 11 is 0. The van der Waals surface area contributed by atoms with Crippen LogP contribution in [-0.4, -0.2) is 30.5 Å². The number of pyridine rings is 1. The second-order valence-corrected chi connectivity index (χ2v) is 10.8. The fourth-order valence-electron chi connectivity index (χ4n) is 6.93. The molecule has 6 rings (SSSR count). The SMILES string of the molecule is COc1cc(CNC(=O)CNC(=O)CC23CC4CC(CC(C4)C2)C3)ccc1OCc1ccncc1. The van der Waals surface area contributed by atoms with Crippen molar-refractivity contribution in [3.8, 4) is 11.5 Å². The molecule has 7 nitrogen and oxygen atoms in total. The summed E-state index contributed by atoms with van der Waals surface area (Å²) in [4.78, 5) is 29.1. The van der Waals surface area contributed by atoms with Crippen molar-refractivity contribution in [3.05, 3.63) is 53.9 Å². The zero-order valence-electron chi connectivity index (χ0n) is 20.4. The van der Waals surface area contributed by atoms with Crippen molar-refractivity contribution >= 4 is 11.8 Å². The van der Waals surface area contributed by atoms with Crippen LogP contribution in [0.15, 0.2) is 42.7 Å². The number of rotatable bonds is 10. The number of benzene rings is 1. The number of amides is 2. The minimum atomic E-state index is -0.194. The number of carbonyl (C=O) groups excluding carboxylic acids is 2. The molecule has 4 aliphatic rings. The summed E-state index contributed by atoms with van der Waals surface area (Å²) in [5.41, 5.74) is 2.10. The summed E-state index contributed by atoms with van der Waals surface area (Å²) in [7, 11) is 1.59. The summed E-state index contributed by atoms with van der Waals surface area (Å²) < 4.78 is 11.3. The maximum Gasteiger partial charge on any atom is 0.239 e. The molecule has 1 heterocycles. The van der Waals surface area contributed by atoms with Gasteiger partial charge in [-0.05, 0) is 97.1 Å². The average molecular weight is 478 g/mol. The average Bonchev–Trinajstić information content (AvgIpc) is 2.84. The van der Waals surface area contributed by atoms with Crippen molar-refractivity contribution in [1.29, 1.82) is 0 Å². The largest absolute Gasteiger partial charge is 0.493 e. The Hall–Kier alpha value is -3.09. The van der Waals surface area contributed by atoms with E-state index in [0.29, 0.717) is 31.1 Å². The number of hydrogen-bond donors (Lipinski definition) is 2. The van der Waals surface area contributed by atoms with Crippen molar-refractivity contribution in [2.45, 2.75) is 58.1 Å². The molecule has 1 aromatic heterocycles. The second kappa shape index (κ2) is 10.3. The predicted octanol–water partition coefficient (Wildman–Crippen LogP) is 4.01. The highest BCUT2D eigenvalue weighted by atomic mass is 16.5. The van der Waals surface area contributed by atoms with Crippen LogP contribution in [0.25, 0.3) is 0 Å². The first-order chi connectivity index (χ1) is 17.0. The molecule has 0 atom stereocenters. The van der Waals surface area contributed by atoms with Crippen molar-refractivity contribution in [2.24, 2.45) is 23.2 Å². The van der Waals surface area contributed by atoms with E-state index >= 15 is 0 Å². The molecule has 35 heavy (non-hydrogen) atoms. The fraction of sp³-hybridized carbons (Fsp3) is 0.536. The van der Waals surface area contributed by atoms with E-state index in [2.05, 4.69) is 15.6 Å². The monoisotopic (exact) mass is 477 g/mol. The summed E-state index contributed by atoms with van der Waals surface area (Å²) in [6.45, 7) is 0.776. The Morgan fingerprint density at radius 1 is 0.914 bits per heavy atom. The van der Waals surface area contributed by atoms with Crippen molar-refractivity contribution in [3.63, 3.8) is 0 Å². The maximum atomic E-state index is 12.7. The first-order valence-corrected chi connectivity index (χ1v) is 12.7. The Bertz CT molecular complexity index is 1020. The van der Waals surface area contributed by atoms with Gasteiger partial charge >= 0.3 is 0 Å². The zero-order chi connectivity index (χ0) is 24.3. The van der Waals surface area contributed by atoms with Crippen LogP contribution >= 0.6 is 0 Å². The quantitative estimate of drug-likeness (QED) is 0.540. The molecule has 4 bridgehead atoms. The zero-order valence-corrected chi connectivity index (χ0v) is 20.4. The minimum Gasteiger partial charge on any atom is -0.493 e. The molecule has 4 fully saturated rings. The minimum absolute atomic E-state index is 0.00939. The molecular weight excluding hydrogens is 442 g/mol. The van der Waals surface area contributed by atoms with E-state index < -0.39 is 0 Å². The number of aromatic nitrogens is 1. The molecule has 4 saturated carbocycles. The van der Waals surface area contributed by atoms with Gasteiger partial charge in [0.05, 0.1) is 13.7 Å². The molecule has 2 aromatic rings. The highest BCUT2D eigenvalue weighted by Gasteiger charge is 2.51. The van der Waals surface area contributed by atoms with Crippen LogP contribution in [-0.2, 0) is 22.7 Å². The van der Waals surface area contributed by atoms with Crippen molar-refractivity contribution < 1.29 is 19.1 Å². The topological polar surface area (TPSA) is 89.6 Å². The maximum absolute atomic E-state index is 12.7. The van der Waals surface area contributed by atoms with Gasteiger partial charge < -0.3 is 20.1 Å². The second-order valence-electron chi connectivity index (χ2n) is 10.8.